The van der Waals surface area contributed by atoms with Crippen molar-refractivity contribution in [2.45, 2.75) is 87.6 Å². The number of nitriles is 1. The number of hydrogen-bond donors (Lipinski definition) is 0. The number of oxime groups is 1. The second-order valence-electron chi connectivity index (χ2n) is 17.5. The number of aromatic nitrogens is 3. The van der Waals surface area contributed by atoms with Crippen LogP contribution in [0.3, 0.4) is 0 Å². The smallest absolute Gasteiger partial charge is 0.382 e. The van der Waals surface area contributed by atoms with E-state index in [1.165, 1.54) is 107 Å². The molecule has 2 heterocycles. The molecular weight excluding hydrogens is 1170 g/mol. The lowest BCUT2D eigenvalue weighted by Crippen LogP contribution is -2.55. The van der Waals surface area contributed by atoms with Crippen LogP contribution in [0.15, 0.2) is 119 Å². The van der Waals surface area contributed by atoms with E-state index in [1.807, 2.05) is 45.0 Å². The second kappa shape index (κ2) is 33.9. The van der Waals surface area contributed by atoms with E-state index in [0.29, 0.717) is 53.6 Å². The number of methoxy groups -OCH3 is 1. The van der Waals surface area contributed by atoms with Crippen LogP contribution in [0.1, 0.15) is 41.5 Å². The van der Waals surface area contributed by atoms with Gasteiger partial charge in [-0.25, -0.2) is 28.1 Å². The summed E-state index contributed by atoms with van der Waals surface area (Å²) >= 11 is 1.20. The molecule has 0 amide bonds. The van der Waals surface area contributed by atoms with Gasteiger partial charge in [0.1, 0.15) is 16.0 Å². The summed E-state index contributed by atoms with van der Waals surface area (Å²) in [5.74, 6) is 0. The van der Waals surface area contributed by atoms with Crippen molar-refractivity contribution in [3.05, 3.63) is 144 Å². The van der Waals surface area contributed by atoms with Gasteiger partial charge in [-0.05, 0) is 86.9 Å². The maximum atomic E-state index is 13.4. The lowest BCUT2D eigenvalue weighted by molar-refractivity contribution is 0.122. The number of hydrogen-bond acceptors (Lipinski definition) is 22. The Bertz CT molecular complexity index is 3010. The van der Waals surface area contributed by atoms with E-state index in [4.69, 9.17) is 53.0 Å². The van der Waals surface area contributed by atoms with E-state index in [9.17, 15) is 36.5 Å². The molecule has 24 nitrogen and oxygen atoms in total. The largest absolute Gasteiger partial charge is 0.500 e. The van der Waals surface area contributed by atoms with E-state index in [-0.39, 0.29) is 42.6 Å². The van der Waals surface area contributed by atoms with Crippen LogP contribution in [0.2, 0.25) is 18.1 Å². The molecule has 1 aliphatic heterocycles. The highest BCUT2D eigenvalue weighted by Crippen LogP contribution is 2.32. The highest BCUT2D eigenvalue weighted by molar-refractivity contribution is 8.17. The normalized spacial score (nSPS) is 14.0. The molecule has 0 unspecified atom stereocenters. The maximum absolute atomic E-state index is 13.4. The van der Waals surface area contributed by atoms with E-state index < -0.39 is 63.7 Å². The Morgan fingerprint density at radius 2 is 0.938 bits per heavy atom. The van der Waals surface area contributed by atoms with Gasteiger partial charge in [-0.2, -0.15) is 22.1 Å². The Hall–Kier alpha value is -5.03. The highest BCUT2D eigenvalue weighted by Gasteiger charge is 2.39. The molecule has 0 saturated carbocycles. The van der Waals surface area contributed by atoms with E-state index in [2.05, 4.69) is 11.2 Å². The molecular formula is C51H75N5O19S3Si3. The van der Waals surface area contributed by atoms with Gasteiger partial charge in [0, 0.05) is 114 Å². The Balaban J connectivity index is 0.000000351. The van der Waals surface area contributed by atoms with Gasteiger partial charge in [0.25, 0.3) is 10.1 Å². The summed E-state index contributed by atoms with van der Waals surface area (Å²) < 4.78 is 114. The molecule has 0 atom stereocenters. The summed E-state index contributed by atoms with van der Waals surface area (Å²) in [4.78, 5) is 40.3. The molecule has 0 fully saturated rings. The van der Waals surface area contributed by atoms with Crippen LogP contribution in [-0.4, -0.2) is 146 Å². The minimum absolute atomic E-state index is 0.0262. The fraction of sp³-hybridized carbons (Fsp3) is 0.471. The first-order valence-electron chi connectivity index (χ1n) is 25.0. The van der Waals surface area contributed by atoms with Gasteiger partial charge < -0.3 is 44.6 Å². The van der Waals surface area contributed by atoms with Gasteiger partial charge in [0.2, 0.25) is 0 Å². The monoisotopic (exact) mass is 1240 g/mol. The topological polar surface area (TPSA) is 281 Å². The second-order valence-corrected chi connectivity index (χ2v) is 30.8. The molecule has 0 saturated heterocycles. The molecule has 4 aromatic rings. The summed E-state index contributed by atoms with van der Waals surface area (Å²) in [6.45, 7) is 6.09. The Labute approximate surface area is 482 Å². The Morgan fingerprint density at radius 3 is 1.30 bits per heavy atom. The average Bonchev–Trinajstić information content (AvgIpc) is 3.95. The zero-order chi connectivity index (χ0) is 60.4. The molecule has 0 bridgehead atoms. The molecule has 448 valence electrons. The van der Waals surface area contributed by atoms with Crippen molar-refractivity contribution in [1.82, 2.24) is 13.7 Å². The lowest BCUT2D eigenvalue weighted by atomic mass is 9.97. The fourth-order valence-corrected chi connectivity index (χ4v) is 15.3. The first-order chi connectivity index (χ1) is 38.5. The van der Waals surface area contributed by atoms with Gasteiger partial charge in [-0.3, -0.25) is 8.47 Å². The number of ether oxygens (including phenoxy) is 1. The van der Waals surface area contributed by atoms with Gasteiger partial charge in [0.05, 0.1) is 23.7 Å². The Morgan fingerprint density at radius 1 is 0.556 bits per heavy atom. The van der Waals surface area contributed by atoms with Crippen LogP contribution in [-0.2, 0) is 92.9 Å². The van der Waals surface area contributed by atoms with Crippen molar-refractivity contribution in [3.8, 4) is 6.07 Å². The lowest BCUT2D eigenvalue weighted by Gasteiger charge is -2.25. The zero-order valence-electron chi connectivity index (χ0n) is 48.1. The van der Waals surface area contributed by atoms with E-state index >= 15 is 0 Å². The number of thioether (sulfide) groups is 1. The highest BCUT2D eigenvalue weighted by atomic mass is 32.2. The molecule has 0 aliphatic carbocycles. The van der Waals surface area contributed by atoms with Crippen molar-refractivity contribution >= 4 is 69.0 Å². The maximum Gasteiger partial charge on any atom is 0.500 e. The summed E-state index contributed by atoms with van der Waals surface area (Å²) in [6.07, 6.45) is 2.80. The zero-order valence-corrected chi connectivity index (χ0v) is 53.5. The van der Waals surface area contributed by atoms with Crippen LogP contribution >= 0.6 is 11.8 Å². The standard InChI is InChI=1S/C21H45N3O12Si3.C20H16N2O3S2.C10H14O4S/c1-28-37(29-2,30-3)16-10-13-22-19(25)23(14-11-17-38(31-4,32-5)33-6)21(27)24(20(22)26)15-12-18-39(34-7,35-8)36-9;1-14-7-9-16(10-8-14)27(23,24)25-22-20-18(11-12-26-20)19(13-21)17-6-4-3-5-15(17)2;1-9-3-5-10(6-4-9)15(11,12)14-8-7-13-2/h10-18H2,1-9H3;3-12H,1-2H3;3-6H,7-8H2,1-2H3/b;19-18+,22-20-;. The van der Waals surface area contributed by atoms with Gasteiger partial charge >= 0.3 is 53.6 Å². The van der Waals surface area contributed by atoms with Crippen LogP contribution in [0, 0.1) is 32.1 Å². The van der Waals surface area contributed by atoms with Crippen LogP contribution in [0.5, 0.6) is 0 Å². The van der Waals surface area contributed by atoms with Crippen molar-refractivity contribution in [2.24, 2.45) is 5.16 Å². The molecule has 0 N–H and O–H groups in total. The van der Waals surface area contributed by atoms with Gasteiger partial charge in [-0.1, -0.05) is 76.6 Å². The number of allylic oxidation sites excluding steroid dienone is 2. The average molecular weight is 1240 g/mol. The molecule has 5 rings (SSSR count). The predicted molar refractivity (Wildman–Crippen MR) is 311 cm³/mol. The van der Waals surface area contributed by atoms with Crippen LogP contribution in [0.25, 0.3) is 5.57 Å². The van der Waals surface area contributed by atoms with E-state index in [0.717, 1.165) is 36.0 Å². The number of nitrogens with zero attached hydrogens (tertiary/aromatic N) is 5. The van der Waals surface area contributed by atoms with Gasteiger partial charge in [-0.15, -0.1) is 0 Å². The fourth-order valence-electron chi connectivity index (χ4n) is 7.80. The quantitative estimate of drug-likeness (QED) is 0.0194. The minimum Gasteiger partial charge on any atom is -0.382 e. The summed E-state index contributed by atoms with van der Waals surface area (Å²) in [5, 5.41) is 15.5. The molecule has 1 aliphatic rings. The molecule has 3 aromatic carbocycles. The molecule has 1 aromatic heterocycles. The summed E-state index contributed by atoms with van der Waals surface area (Å²) in [6, 6.07) is 23.6. The summed E-state index contributed by atoms with van der Waals surface area (Å²) in [5.41, 5.74) is 2.53. The number of benzene rings is 3. The van der Waals surface area contributed by atoms with Gasteiger partial charge in [0.15, 0.2) is 0 Å². The molecule has 30 heteroatoms. The van der Waals surface area contributed by atoms with Crippen molar-refractivity contribution in [3.63, 3.8) is 0 Å². The third kappa shape index (κ3) is 19.8. The summed E-state index contributed by atoms with van der Waals surface area (Å²) in [7, 11) is -1.51. The van der Waals surface area contributed by atoms with Crippen molar-refractivity contribution in [1.29, 1.82) is 5.26 Å². The van der Waals surface area contributed by atoms with Crippen LogP contribution in [0.4, 0.5) is 0 Å². The Kier molecular flexibility index (Phi) is 29.4. The number of aryl methyl sites for hydroxylation is 3. The van der Waals surface area contributed by atoms with Crippen molar-refractivity contribution < 1.29 is 69.9 Å². The molecule has 81 heavy (non-hydrogen) atoms. The minimum atomic E-state index is -4.03. The third-order valence-corrected chi connectivity index (χ3v) is 24.3. The van der Waals surface area contributed by atoms with Crippen molar-refractivity contribution in [2.75, 3.05) is 84.3 Å². The first kappa shape index (κ1) is 70.2. The number of rotatable bonds is 30. The molecule has 0 spiro atoms. The predicted octanol–water partition coefficient (Wildman–Crippen LogP) is 5.88. The first-order valence-corrected chi connectivity index (χ1v) is 34.5. The third-order valence-electron chi connectivity index (χ3n) is 12.6. The SMILES string of the molecule is COCCOS(=O)(=O)c1ccc(C)cc1.CO[Si](CCCn1c(=O)n(CCC[Si](OC)(OC)OC)c(=O)n(CCC[Si](OC)(OC)OC)c1=O)(OC)OC.Cc1ccc(S(=O)(=O)O/N=C2\SC=C\C2=C(\C#N)c2ccccc2C)cc1. The molecule has 0 radical (unpaired) electrons. The van der Waals surface area contributed by atoms with Crippen LogP contribution < -0.4 is 17.1 Å². The van der Waals surface area contributed by atoms with E-state index in [1.54, 1.807) is 35.7 Å².